The molecule has 4 rings (SSSR count). The second kappa shape index (κ2) is 6.15. The molecule has 4 nitrogen and oxygen atoms in total. The molecule has 27 heavy (non-hydrogen) atoms. The topological polar surface area (TPSA) is 30.3 Å². The summed E-state index contributed by atoms with van der Waals surface area (Å²) in [7, 11) is 0. The lowest BCUT2D eigenvalue weighted by molar-refractivity contribution is 0.155. The lowest BCUT2D eigenvalue weighted by atomic mass is 9.82. The second-order valence-electron chi connectivity index (χ2n) is 8.29. The molecule has 4 heteroatoms. The van der Waals surface area contributed by atoms with Crippen molar-refractivity contribution in [2.45, 2.75) is 40.3 Å². The number of benzene rings is 1. The molecule has 140 valence electrons. The van der Waals surface area contributed by atoms with Crippen molar-refractivity contribution >= 4 is 16.6 Å². The van der Waals surface area contributed by atoms with Crippen molar-refractivity contribution in [3.05, 3.63) is 72.3 Å². The number of nitrogens with zero attached hydrogens (tertiary/aromatic N) is 3. The summed E-state index contributed by atoms with van der Waals surface area (Å²) in [5, 5.41) is 6.05. The van der Waals surface area contributed by atoms with Crippen LogP contribution >= 0.6 is 0 Å². The zero-order valence-electron chi connectivity index (χ0n) is 16.6. The van der Waals surface area contributed by atoms with Gasteiger partial charge in [-0.15, -0.1) is 0 Å². The molecule has 0 amide bonds. The second-order valence-corrected chi connectivity index (χ2v) is 8.29. The van der Waals surface area contributed by atoms with E-state index in [1.807, 2.05) is 13.0 Å². The van der Waals surface area contributed by atoms with E-state index in [0.29, 0.717) is 12.4 Å². The first-order valence-electron chi connectivity index (χ1n) is 9.50. The van der Waals surface area contributed by atoms with Crippen LogP contribution in [0.1, 0.15) is 33.4 Å². The lowest BCUT2D eigenvalue weighted by Gasteiger charge is -2.46. The summed E-state index contributed by atoms with van der Waals surface area (Å²) in [4.78, 5) is 2.37. The van der Waals surface area contributed by atoms with Gasteiger partial charge in [0.05, 0.1) is 36.1 Å². The van der Waals surface area contributed by atoms with Gasteiger partial charge in [0, 0.05) is 17.2 Å². The lowest BCUT2D eigenvalue weighted by Crippen LogP contribution is -2.47. The van der Waals surface area contributed by atoms with E-state index in [2.05, 4.69) is 74.0 Å². The smallest absolute Gasteiger partial charge is 0.121 e. The van der Waals surface area contributed by atoms with Gasteiger partial charge in [0.2, 0.25) is 0 Å². The minimum Gasteiger partial charge on any atom is -0.494 e. The minimum atomic E-state index is 0.0716. The molecule has 2 aliphatic heterocycles. The van der Waals surface area contributed by atoms with E-state index in [-0.39, 0.29) is 11.5 Å². The summed E-state index contributed by atoms with van der Waals surface area (Å²) < 4.78 is 7.84. The van der Waals surface area contributed by atoms with Gasteiger partial charge in [0.25, 0.3) is 0 Å². The fourth-order valence-electron chi connectivity index (χ4n) is 3.99. The molecule has 0 spiro atoms. The number of allylic oxidation sites excluding steroid dienone is 2. The molecule has 1 aromatic heterocycles. The van der Waals surface area contributed by atoms with Gasteiger partial charge in [-0.2, -0.15) is 5.10 Å². The minimum absolute atomic E-state index is 0.0716. The maximum atomic E-state index is 5.68. The standard InChI is InChI=1S/C23H27N3O/c1-7-27-16(3)18-13-25-20(12-15(18)2)22-17-10-8-9-11-19(17)24-26(22)14-21(25)23(4,5)6/h8-13,21H,2-3,7,14H2,1,4-6H3. The Bertz CT molecular complexity index is 1000. The SMILES string of the molecule is C=C1C=C2c3c4ccccc4nn3CC(C(C)(C)C)N2C=C1C(=C)OCC. The van der Waals surface area contributed by atoms with Gasteiger partial charge >= 0.3 is 0 Å². The van der Waals surface area contributed by atoms with Crippen molar-refractivity contribution < 1.29 is 4.74 Å². The van der Waals surface area contributed by atoms with Crippen LogP contribution in [0.25, 0.3) is 16.6 Å². The first kappa shape index (κ1) is 17.7. The fraction of sp³-hybridized carbons (Fsp3) is 0.348. The van der Waals surface area contributed by atoms with Gasteiger partial charge in [-0.1, -0.05) is 52.1 Å². The van der Waals surface area contributed by atoms with Crippen molar-refractivity contribution in [3.63, 3.8) is 0 Å². The predicted molar refractivity (Wildman–Crippen MR) is 111 cm³/mol. The molecule has 0 saturated heterocycles. The molecule has 1 aromatic carbocycles. The Balaban J connectivity index is 1.90. The average molecular weight is 361 g/mol. The van der Waals surface area contributed by atoms with Crippen LogP contribution in [0.3, 0.4) is 0 Å². The van der Waals surface area contributed by atoms with Crippen molar-refractivity contribution in [3.8, 4) is 0 Å². The summed E-state index contributed by atoms with van der Waals surface area (Å²) in [5.74, 6) is 0.675. The third-order valence-corrected chi connectivity index (χ3v) is 5.39. The van der Waals surface area contributed by atoms with E-state index in [9.17, 15) is 0 Å². The molecule has 1 unspecified atom stereocenters. The summed E-state index contributed by atoms with van der Waals surface area (Å²) in [6, 6.07) is 8.60. The third kappa shape index (κ3) is 2.80. The van der Waals surface area contributed by atoms with Crippen molar-refractivity contribution in [2.75, 3.05) is 6.61 Å². The van der Waals surface area contributed by atoms with Crippen LogP contribution < -0.4 is 0 Å². The number of hydrogen-bond acceptors (Lipinski definition) is 3. The van der Waals surface area contributed by atoms with Crippen LogP contribution in [0.2, 0.25) is 0 Å². The molecular formula is C23H27N3O. The van der Waals surface area contributed by atoms with E-state index in [4.69, 9.17) is 9.84 Å². The Morgan fingerprint density at radius 2 is 2.04 bits per heavy atom. The molecule has 2 aliphatic rings. The molecule has 0 saturated carbocycles. The monoisotopic (exact) mass is 361 g/mol. The molecule has 0 radical (unpaired) electrons. The zero-order chi connectivity index (χ0) is 19.3. The largest absolute Gasteiger partial charge is 0.494 e. The van der Waals surface area contributed by atoms with E-state index in [0.717, 1.165) is 34.6 Å². The number of hydrogen-bond donors (Lipinski definition) is 0. The predicted octanol–water partition coefficient (Wildman–Crippen LogP) is 5.11. The van der Waals surface area contributed by atoms with Crippen molar-refractivity contribution in [1.82, 2.24) is 14.7 Å². The summed E-state index contributed by atoms with van der Waals surface area (Å²) >= 11 is 0. The van der Waals surface area contributed by atoms with Gasteiger partial charge in [-0.3, -0.25) is 4.68 Å². The maximum absolute atomic E-state index is 5.68. The Labute approximate surface area is 161 Å². The van der Waals surface area contributed by atoms with E-state index >= 15 is 0 Å². The average Bonchev–Trinajstić information content (AvgIpc) is 2.98. The van der Waals surface area contributed by atoms with Crippen LogP contribution in [-0.2, 0) is 11.3 Å². The third-order valence-electron chi connectivity index (χ3n) is 5.39. The number of ether oxygens (including phenoxy) is 1. The van der Waals surface area contributed by atoms with Gasteiger partial charge in [-0.25, -0.2) is 0 Å². The highest BCUT2D eigenvalue weighted by atomic mass is 16.5. The maximum Gasteiger partial charge on any atom is 0.121 e. The van der Waals surface area contributed by atoms with E-state index in [1.54, 1.807) is 0 Å². The van der Waals surface area contributed by atoms with Crippen LogP contribution in [0, 0.1) is 5.41 Å². The Morgan fingerprint density at radius 1 is 1.30 bits per heavy atom. The van der Waals surface area contributed by atoms with Crippen LogP contribution in [0.15, 0.2) is 66.6 Å². The normalized spacial score (nSPS) is 19.3. The van der Waals surface area contributed by atoms with Crippen LogP contribution in [-0.4, -0.2) is 27.3 Å². The van der Waals surface area contributed by atoms with Crippen LogP contribution in [0.4, 0.5) is 0 Å². The highest BCUT2D eigenvalue weighted by molar-refractivity contribution is 5.92. The Morgan fingerprint density at radius 3 is 2.74 bits per heavy atom. The highest BCUT2D eigenvalue weighted by Crippen LogP contribution is 2.43. The van der Waals surface area contributed by atoms with Crippen molar-refractivity contribution in [1.29, 1.82) is 0 Å². The highest BCUT2D eigenvalue weighted by Gasteiger charge is 2.39. The Hall–Kier alpha value is -2.75. The van der Waals surface area contributed by atoms with Gasteiger partial charge in [0.15, 0.2) is 0 Å². The molecule has 0 N–H and O–H groups in total. The summed E-state index contributed by atoms with van der Waals surface area (Å²) in [6.45, 7) is 18.6. The molecule has 0 fully saturated rings. The molecule has 0 bridgehead atoms. The van der Waals surface area contributed by atoms with Gasteiger partial charge < -0.3 is 9.64 Å². The first-order chi connectivity index (χ1) is 12.8. The molecule has 2 aromatic rings. The number of fused-ring (bicyclic) bond motifs is 5. The van der Waals surface area contributed by atoms with Gasteiger partial charge in [0.1, 0.15) is 5.76 Å². The molecule has 1 atom stereocenters. The summed E-state index contributed by atoms with van der Waals surface area (Å²) in [6.07, 6.45) is 4.31. The number of aromatic nitrogens is 2. The van der Waals surface area contributed by atoms with Gasteiger partial charge in [-0.05, 0) is 30.1 Å². The van der Waals surface area contributed by atoms with E-state index < -0.39 is 0 Å². The molecular weight excluding hydrogens is 334 g/mol. The first-order valence-corrected chi connectivity index (χ1v) is 9.50. The number of rotatable bonds is 3. The molecule has 3 heterocycles. The zero-order valence-corrected chi connectivity index (χ0v) is 16.6. The van der Waals surface area contributed by atoms with E-state index in [1.165, 1.54) is 5.39 Å². The van der Waals surface area contributed by atoms with Crippen LogP contribution in [0.5, 0.6) is 0 Å². The molecule has 0 aliphatic carbocycles. The van der Waals surface area contributed by atoms with Crippen molar-refractivity contribution in [2.24, 2.45) is 5.41 Å². The quantitative estimate of drug-likeness (QED) is 0.712. The fourth-order valence-corrected chi connectivity index (χ4v) is 3.99. The Kier molecular flexibility index (Phi) is 4.02. The summed E-state index contributed by atoms with van der Waals surface area (Å²) in [5.41, 5.74) is 5.29.